The lowest BCUT2D eigenvalue weighted by atomic mass is 10.0. The molecule has 0 aliphatic carbocycles. The third-order valence-electron chi connectivity index (χ3n) is 12.2. The molecule has 0 fully saturated rings. The van der Waals surface area contributed by atoms with Crippen molar-refractivity contribution in [3.05, 3.63) is 24.3 Å². The summed E-state index contributed by atoms with van der Waals surface area (Å²) in [6, 6.07) is 0. The lowest BCUT2D eigenvalue weighted by molar-refractivity contribution is -0.167. The summed E-state index contributed by atoms with van der Waals surface area (Å²) >= 11 is 0. The molecule has 62 heavy (non-hydrogen) atoms. The fourth-order valence-corrected chi connectivity index (χ4v) is 8.06. The van der Waals surface area contributed by atoms with Gasteiger partial charge in [-0.25, -0.2) is 0 Å². The number of hydrogen-bond acceptors (Lipinski definition) is 6. The molecule has 0 rings (SSSR count). The lowest BCUT2D eigenvalue weighted by Gasteiger charge is -2.18. The van der Waals surface area contributed by atoms with Crippen LogP contribution in [0.5, 0.6) is 0 Å². The molecule has 0 radical (unpaired) electrons. The highest BCUT2D eigenvalue weighted by Crippen LogP contribution is 2.16. The van der Waals surface area contributed by atoms with Gasteiger partial charge >= 0.3 is 17.9 Å². The molecule has 6 nitrogen and oxygen atoms in total. The summed E-state index contributed by atoms with van der Waals surface area (Å²) in [6.45, 7) is 6.62. The van der Waals surface area contributed by atoms with E-state index in [9.17, 15) is 14.4 Å². The molecule has 0 aromatic heterocycles. The van der Waals surface area contributed by atoms with E-state index < -0.39 is 6.10 Å². The average molecular weight is 873 g/mol. The van der Waals surface area contributed by atoms with Crippen LogP contribution in [0.4, 0.5) is 0 Å². The third kappa shape index (κ3) is 48.9. The Morgan fingerprint density at radius 3 is 0.887 bits per heavy atom. The lowest BCUT2D eigenvalue weighted by Crippen LogP contribution is -2.30. The van der Waals surface area contributed by atoms with E-state index >= 15 is 0 Å². The second-order valence-electron chi connectivity index (χ2n) is 18.5. The summed E-state index contributed by atoms with van der Waals surface area (Å²) < 4.78 is 16.8. The van der Waals surface area contributed by atoms with Crippen molar-refractivity contribution in [2.75, 3.05) is 13.2 Å². The number of unbranched alkanes of at least 4 members (excludes halogenated alkanes) is 35. The number of carbonyl (C=O) groups is 3. The van der Waals surface area contributed by atoms with Gasteiger partial charge in [-0.1, -0.05) is 251 Å². The number of rotatable bonds is 50. The fraction of sp³-hybridized carbons (Fsp3) is 0.875. The van der Waals surface area contributed by atoms with E-state index in [-0.39, 0.29) is 31.1 Å². The van der Waals surface area contributed by atoms with Gasteiger partial charge in [0.15, 0.2) is 6.10 Å². The van der Waals surface area contributed by atoms with E-state index in [1.54, 1.807) is 0 Å². The van der Waals surface area contributed by atoms with Crippen LogP contribution in [0, 0.1) is 0 Å². The first kappa shape index (κ1) is 59.9. The standard InChI is InChI=1S/C56H104O6/c1-4-7-10-13-16-18-20-22-24-25-26-27-28-29-30-31-32-34-35-37-40-43-46-49-55(58)61-52-53(51-60-54(57)48-45-42-39-15-12-9-6-3)62-56(59)50-47-44-41-38-36-33-23-21-19-17-14-11-8-5-2/h20,22,25-26,53H,4-19,21,23-24,27-52H2,1-3H3/b22-20-,26-25-. The molecule has 1 unspecified atom stereocenters. The van der Waals surface area contributed by atoms with Crippen LogP contribution in [0.3, 0.4) is 0 Å². The highest BCUT2D eigenvalue weighted by atomic mass is 16.6. The summed E-state index contributed by atoms with van der Waals surface area (Å²) in [5.41, 5.74) is 0. The van der Waals surface area contributed by atoms with Crippen molar-refractivity contribution in [2.45, 2.75) is 303 Å². The predicted octanol–water partition coefficient (Wildman–Crippen LogP) is 17.9. The Hall–Kier alpha value is -2.11. The fourth-order valence-electron chi connectivity index (χ4n) is 8.06. The van der Waals surface area contributed by atoms with Gasteiger partial charge in [-0.05, 0) is 51.4 Å². The number of hydrogen-bond donors (Lipinski definition) is 0. The van der Waals surface area contributed by atoms with Crippen molar-refractivity contribution >= 4 is 17.9 Å². The van der Waals surface area contributed by atoms with E-state index in [4.69, 9.17) is 14.2 Å². The van der Waals surface area contributed by atoms with Crippen molar-refractivity contribution in [2.24, 2.45) is 0 Å². The molecular formula is C56H104O6. The first-order valence-electron chi connectivity index (χ1n) is 27.3. The van der Waals surface area contributed by atoms with Crippen molar-refractivity contribution in [3.63, 3.8) is 0 Å². The molecule has 0 aromatic rings. The van der Waals surface area contributed by atoms with E-state index in [2.05, 4.69) is 45.1 Å². The van der Waals surface area contributed by atoms with Crippen molar-refractivity contribution in [1.29, 1.82) is 0 Å². The van der Waals surface area contributed by atoms with E-state index in [0.29, 0.717) is 19.3 Å². The van der Waals surface area contributed by atoms with E-state index in [1.165, 1.54) is 193 Å². The SMILES string of the molecule is CCCCCCC/C=C\C/C=C\CCCCCCCCCCCCCC(=O)OCC(COC(=O)CCCCCCCCC)OC(=O)CCCCCCCCCCCCCCCC. The van der Waals surface area contributed by atoms with Gasteiger partial charge in [-0.3, -0.25) is 14.4 Å². The van der Waals surface area contributed by atoms with Crippen molar-refractivity contribution < 1.29 is 28.6 Å². The maximum atomic E-state index is 12.8. The Kier molecular flexibility index (Phi) is 49.8. The summed E-state index contributed by atoms with van der Waals surface area (Å²) in [7, 11) is 0. The summed E-state index contributed by atoms with van der Waals surface area (Å²) in [5.74, 6) is -0.861. The molecule has 0 aliphatic rings. The summed E-state index contributed by atoms with van der Waals surface area (Å²) in [4.78, 5) is 37.8. The number of ether oxygens (including phenoxy) is 3. The van der Waals surface area contributed by atoms with Crippen molar-refractivity contribution in [3.8, 4) is 0 Å². The van der Waals surface area contributed by atoms with Crippen molar-refractivity contribution in [1.82, 2.24) is 0 Å². The number of allylic oxidation sites excluding steroid dienone is 4. The zero-order valence-electron chi connectivity index (χ0n) is 41.7. The zero-order chi connectivity index (χ0) is 45.1. The van der Waals surface area contributed by atoms with Crippen LogP contribution >= 0.6 is 0 Å². The second-order valence-corrected chi connectivity index (χ2v) is 18.5. The summed E-state index contributed by atoms with van der Waals surface area (Å²) in [5, 5.41) is 0. The number of esters is 3. The van der Waals surface area contributed by atoms with Gasteiger partial charge < -0.3 is 14.2 Å². The van der Waals surface area contributed by atoms with Crippen LogP contribution in [0.2, 0.25) is 0 Å². The molecule has 0 amide bonds. The highest BCUT2D eigenvalue weighted by Gasteiger charge is 2.19. The first-order chi connectivity index (χ1) is 30.5. The minimum Gasteiger partial charge on any atom is -0.462 e. The minimum atomic E-state index is -0.764. The molecule has 0 spiro atoms. The molecule has 0 bridgehead atoms. The minimum absolute atomic E-state index is 0.0676. The molecule has 0 N–H and O–H groups in total. The molecule has 0 aliphatic heterocycles. The molecule has 364 valence electrons. The largest absolute Gasteiger partial charge is 0.462 e. The quantitative estimate of drug-likeness (QED) is 0.0262. The van der Waals surface area contributed by atoms with Gasteiger partial charge in [-0.2, -0.15) is 0 Å². The first-order valence-corrected chi connectivity index (χ1v) is 27.3. The Morgan fingerprint density at radius 1 is 0.323 bits per heavy atom. The summed E-state index contributed by atoms with van der Waals surface area (Å²) in [6.07, 6.45) is 59.0. The van der Waals surface area contributed by atoms with Crippen LogP contribution < -0.4 is 0 Å². The average Bonchev–Trinajstić information content (AvgIpc) is 3.27. The predicted molar refractivity (Wildman–Crippen MR) is 266 cm³/mol. The maximum absolute atomic E-state index is 12.8. The highest BCUT2D eigenvalue weighted by molar-refractivity contribution is 5.71. The van der Waals surface area contributed by atoms with E-state index in [0.717, 1.165) is 64.2 Å². The molecule has 0 heterocycles. The Bertz CT molecular complexity index is 1000. The van der Waals surface area contributed by atoms with Crippen LogP contribution in [0.25, 0.3) is 0 Å². The van der Waals surface area contributed by atoms with Gasteiger partial charge in [-0.15, -0.1) is 0 Å². The Balaban J connectivity index is 4.14. The zero-order valence-corrected chi connectivity index (χ0v) is 41.7. The molecule has 6 heteroatoms. The molecule has 0 saturated carbocycles. The van der Waals surface area contributed by atoms with Gasteiger partial charge in [0.2, 0.25) is 0 Å². The number of carbonyl (C=O) groups excluding carboxylic acids is 3. The van der Waals surface area contributed by atoms with Gasteiger partial charge in [0.25, 0.3) is 0 Å². The molecule has 0 aromatic carbocycles. The molecule has 0 saturated heterocycles. The normalized spacial score (nSPS) is 12.1. The molecule has 1 atom stereocenters. The van der Waals surface area contributed by atoms with Crippen LogP contribution in [0.1, 0.15) is 297 Å². The Labute approximate surface area is 385 Å². The van der Waals surface area contributed by atoms with E-state index in [1.807, 2.05) is 0 Å². The maximum Gasteiger partial charge on any atom is 0.306 e. The van der Waals surface area contributed by atoms with Crippen LogP contribution in [-0.4, -0.2) is 37.2 Å². The van der Waals surface area contributed by atoms with Crippen LogP contribution in [-0.2, 0) is 28.6 Å². The molecular weight excluding hydrogens is 769 g/mol. The third-order valence-corrected chi connectivity index (χ3v) is 12.2. The smallest absolute Gasteiger partial charge is 0.306 e. The van der Waals surface area contributed by atoms with Gasteiger partial charge in [0.05, 0.1) is 0 Å². The van der Waals surface area contributed by atoms with Gasteiger partial charge in [0.1, 0.15) is 13.2 Å². The second kappa shape index (κ2) is 51.5. The monoisotopic (exact) mass is 873 g/mol. The topological polar surface area (TPSA) is 78.9 Å². The van der Waals surface area contributed by atoms with Gasteiger partial charge in [0, 0.05) is 19.3 Å². The van der Waals surface area contributed by atoms with Crippen LogP contribution in [0.15, 0.2) is 24.3 Å². The Morgan fingerprint density at radius 2 is 0.581 bits per heavy atom.